The highest BCUT2D eigenvalue weighted by atomic mass is 32.2. The molecule has 1 saturated heterocycles. The molecule has 2 atom stereocenters. The van der Waals surface area contributed by atoms with Crippen molar-refractivity contribution >= 4 is 23.6 Å². The van der Waals surface area contributed by atoms with Crippen LogP contribution in [0.25, 0.3) is 0 Å². The number of hydrogen-bond donors (Lipinski definition) is 1. The van der Waals surface area contributed by atoms with E-state index in [0.717, 1.165) is 57.2 Å². The van der Waals surface area contributed by atoms with Crippen LogP contribution in [0.3, 0.4) is 0 Å². The van der Waals surface area contributed by atoms with Gasteiger partial charge in [-0.25, -0.2) is 0 Å². The quantitative estimate of drug-likeness (QED) is 0.701. The molecule has 1 N–H and O–H groups in total. The molecule has 5 heteroatoms. The fraction of sp³-hybridized carbons (Fsp3) is 0.875. The Morgan fingerprint density at radius 1 is 1.19 bits per heavy atom. The molecule has 0 aromatic rings. The Morgan fingerprint density at radius 2 is 1.95 bits per heavy atom. The lowest BCUT2D eigenvalue weighted by molar-refractivity contribution is -0.140. The van der Waals surface area contributed by atoms with Crippen molar-refractivity contribution in [2.45, 2.75) is 70.2 Å². The van der Waals surface area contributed by atoms with E-state index in [9.17, 15) is 9.59 Å². The van der Waals surface area contributed by atoms with Crippen molar-refractivity contribution in [3.05, 3.63) is 0 Å². The molecular formula is C16H28N2O2S. The lowest BCUT2D eigenvalue weighted by Gasteiger charge is -2.28. The van der Waals surface area contributed by atoms with Crippen LogP contribution in [0, 0.1) is 5.92 Å². The maximum absolute atomic E-state index is 12.5. The third-order valence-corrected chi connectivity index (χ3v) is 5.55. The second-order valence-corrected chi connectivity index (χ2v) is 7.32. The maximum Gasteiger partial charge on any atom is 0.243 e. The van der Waals surface area contributed by atoms with E-state index in [0.29, 0.717) is 0 Å². The summed E-state index contributed by atoms with van der Waals surface area (Å²) in [5.74, 6) is 1.21. The first-order chi connectivity index (χ1) is 10.2. The molecule has 4 nitrogen and oxygen atoms in total. The molecule has 2 aliphatic rings. The summed E-state index contributed by atoms with van der Waals surface area (Å²) in [6.45, 7) is 5.02. The van der Waals surface area contributed by atoms with Crippen molar-refractivity contribution in [3.8, 4) is 0 Å². The van der Waals surface area contributed by atoms with Gasteiger partial charge in [0.05, 0.1) is 5.37 Å². The van der Waals surface area contributed by atoms with Crippen molar-refractivity contribution in [2.75, 3.05) is 12.3 Å². The standard InChI is InChI=1S/C16H28N2O2S/c1-3-5-6-10-17-15(19)13-11-21-14(7-4-2)18(13)16(20)12-8-9-12/h12-14H,3-11H2,1-2H3,(H,17,19). The molecule has 2 amide bonds. The van der Waals surface area contributed by atoms with Gasteiger partial charge < -0.3 is 10.2 Å². The fourth-order valence-electron chi connectivity index (χ4n) is 2.78. The monoisotopic (exact) mass is 312 g/mol. The molecule has 0 radical (unpaired) electrons. The number of unbranched alkanes of at least 4 members (excludes halogenated alkanes) is 2. The molecule has 1 heterocycles. The lowest BCUT2D eigenvalue weighted by Crippen LogP contribution is -2.50. The van der Waals surface area contributed by atoms with Gasteiger partial charge in [-0.2, -0.15) is 0 Å². The van der Waals surface area contributed by atoms with E-state index in [2.05, 4.69) is 19.2 Å². The van der Waals surface area contributed by atoms with Crippen LogP contribution in [0.2, 0.25) is 0 Å². The Morgan fingerprint density at radius 3 is 2.57 bits per heavy atom. The summed E-state index contributed by atoms with van der Waals surface area (Å²) in [7, 11) is 0. The van der Waals surface area contributed by atoms with Gasteiger partial charge in [0.1, 0.15) is 6.04 Å². The van der Waals surface area contributed by atoms with Crippen molar-refractivity contribution in [1.82, 2.24) is 10.2 Å². The zero-order valence-corrected chi connectivity index (χ0v) is 14.1. The number of nitrogens with zero attached hydrogens (tertiary/aromatic N) is 1. The summed E-state index contributed by atoms with van der Waals surface area (Å²) in [6, 6.07) is -0.249. The lowest BCUT2D eigenvalue weighted by atomic mass is 10.2. The summed E-state index contributed by atoms with van der Waals surface area (Å²) >= 11 is 1.77. The number of nitrogens with one attached hydrogen (secondary N) is 1. The molecule has 0 aromatic carbocycles. The van der Waals surface area contributed by atoms with Crippen LogP contribution in [0.15, 0.2) is 0 Å². The summed E-state index contributed by atoms with van der Waals surface area (Å²) in [6.07, 6.45) is 7.37. The van der Waals surface area contributed by atoms with Crippen LogP contribution >= 0.6 is 11.8 Å². The Kier molecular flexibility index (Phi) is 6.40. The number of hydrogen-bond acceptors (Lipinski definition) is 3. The first kappa shape index (κ1) is 16.7. The van der Waals surface area contributed by atoms with Crippen LogP contribution in [0.1, 0.15) is 58.8 Å². The number of thioether (sulfide) groups is 1. The largest absolute Gasteiger partial charge is 0.354 e. The molecule has 2 rings (SSSR count). The third kappa shape index (κ3) is 4.38. The summed E-state index contributed by atoms with van der Waals surface area (Å²) in [4.78, 5) is 26.8. The fourth-order valence-corrected chi connectivity index (χ4v) is 4.31. The summed E-state index contributed by atoms with van der Waals surface area (Å²) in [5, 5.41) is 3.22. The molecule has 2 unspecified atom stereocenters. The number of carbonyl (C=O) groups excluding carboxylic acids is 2. The predicted molar refractivity (Wildman–Crippen MR) is 87.0 cm³/mol. The van der Waals surface area contributed by atoms with Gasteiger partial charge >= 0.3 is 0 Å². The molecule has 0 spiro atoms. The van der Waals surface area contributed by atoms with Gasteiger partial charge in [-0.15, -0.1) is 11.8 Å². The molecule has 2 fully saturated rings. The second-order valence-electron chi connectivity index (χ2n) is 6.11. The smallest absolute Gasteiger partial charge is 0.243 e. The molecule has 0 bridgehead atoms. The molecule has 0 aromatic heterocycles. The van der Waals surface area contributed by atoms with Crippen molar-refractivity contribution in [1.29, 1.82) is 0 Å². The highest BCUT2D eigenvalue weighted by Crippen LogP contribution is 2.39. The number of rotatable bonds is 8. The minimum absolute atomic E-state index is 0.0474. The highest BCUT2D eigenvalue weighted by Gasteiger charge is 2.45. The highest BCUT2D eigenvalue weighted by molar-refractivity contribution is 8.00. The van der Waals surface area contributed by atoms with Gasteiger partial charge in [-0.05, 0) is 25.7 Å². The molecule has 1 saturated carbocycles. The van der Waals surface area contributed by atoms with Gasteiger partial charge in [-0.3, -0.25) is 9.59 Å². The van der Waals surface area contributed by atoms with Gasteiger partial charge in [0.25, 0.3) is 0 Å². The van der Waals surface area contributed by atoms with E-state index < -0.39 is 0 Å². The number of amides is 2. The van der Waals surface area contributed by atoms with Crippen molar-refractivity contribution in [3.63, 3.8) is 0 Å². The van der Waals surface area contributed by atoms with Crippen LogP contribution in [-0.4, -0.2) is 40.4 Å². The molecule has 21 heavy (non-hydrogen) atoms. The van der Waals surface area contributed by atoms with E-state index >= 15 is 0 Å². The van der Waals surface area contributed by atoms with E-state index in [1.165, 1.54) is 0 Å². The van der Waals surface area contributed by atoms with E-state index in [-0.39, 0.29) is 29.1 Å². The first-order valence-corrected chi connectivity index (χ1v) is 9.45. The average Bonchev–Trinajstić information content (AvgIpc) is 3.24. The SMILES string of the molecule is CCCCCNC(=O)C1CSC(CCC)N1C(=O)C1CC1. The van der Waals surface area contributed by atoms with Crippen molar-refractivity contribution in [2.24, 2.45) is 5.92 Å². The molecule has 1 aliphatic heterocycles. The molecular weight excluding hydrogens is 284 g/mol. The van der Waals surface area contributed by atoms with E-state index in [1.807, 2.05) is 4.90 Å². The third-order valence-electron chi connectivity index (χ3n) is 4.19. The minimum atomic E-state index is -0.249. The van der Waals surface area contributed by atoms with Crippen LogP contribution in [0.5, 0.6) is 0 Å². The van der Waals surface area contributed by atoms with Gasteiger partial charge in [0, 0.05) is 18.2 Å². The van der Waals surface area contributed by atoms with Crippen LogP contribution in [-0.2, 0) is 9.59 Å². The zero-order chi connectivity index (χ0) is 15.2. The van der Waals surface area contributed by atoms with Gasteiger partial charge in [-0.1, -0.05) is 33.1 Å². The van der Waals surface area contributed by atoms with Crippen molar-refractivity contribution < 1.29 is 9.59 Å². The second kappa shape index (κ2) is 8.06. The Labute approximate surface area is 132 Å². The number of carbonyl (C=O) groups is 2. The van der Waals surface area contributed by atoms with Crippen LogP contribution < -0.4 is 5.32 Å². The Hall–Kier alpha value is -0.710. The predicted octanol–water partition coefficient (Wildman–Crippen LogP) is 2.77. The Balaban J connectivity index is 1.92. The summed E-state index contributed by atoms with van der Waals surface area (Å²) in [5.41, 5.74) is 0. The molecule has 120 valence electrons. The maximum atomic E-state index is 12.5. The van der Waals surface area contributed by atoms with Crippen LogP contribution in [0.4, 0.5) is 0 Å². The van der Waals surface area contributed by atoms with Gasteiger partial charge in [0.2, 0.25) is 11.8 Å². The normalized spacial score (nSPS) is 25.1. The van der Waals surface area contributed by atoms with Gasteiger partial charge in [0.15, 0.2) is 0 Å². The average molecular weight is 312 g/mol. The van der Waals surface area contributed by atoms with E-state index in [1.54, 1.807) is 11.8 Å². The minimum Gasteiger partial charge on any atom is -0.354 e. The summed E-state index contributed by atoms with van der Waals surface area (Å²) < 4.78 is 0. The van der Waals surface area contributed by atoms with E-state index in [4.69, 9.17) is 0 Å². The Bertz CT molecular complexity index is 371. The topological polar surface area (TPSA) is 49.4 Å². The zero-order valence-electron chi connectivity index (χ0n) is 13.3. The first-order valence-electron chi connectivity index (χ1n) is 8.40. The molecule has 1 aliphatic carbocycles.